The molecular formula is C10H9BrN2. The predicted octanol–water partition coefficient (Wildman–Crippen LogP) is 2.57. The van der Waals surface area contributed by atoms with Crippen molar-refractivity contribution in [2.75, 3.05) is 6.54 Å². The zero-order chi connectivity index (χ0) is 8.84. The average molecular weight is 237 g/mol. The molecule has 1 aliphatic heterocycles. The molecule has 2 aromatic rings. The topological polar surface area (TPSA) is 37.7 Å². The van der Waals surface area contributed by atoms with Crippen LogP contribution in [0.3, 0.4) is 0 Å². The SMILES string of the molecule is Brc1ccc2c(C3CN3)c[nH]c2c1. The van der Waals surface area contributed by atoms with Crippen LogP contribution >= 0.6 is 15.9 Å². The Bertz CT molecular complexity index is 457. The Morgan fingerprint density at radius 3 is 3.00 bits per heavy atom. The molecule has 1 aromatic heterocycles. The number of aromatic nitrogens is 1. The van der Waals surface area contributed by atoms with E-state index in [0.717, 1.165) is 11.0 Å². The molecule has 0 radical (unpaired) electrons. The third-order valence-corrected chi connectivity index (χ3v) is 2.95. The number of nitrogens with one attached hydrogen (secondary N) is 2. The summed E-state index contributed by atoms with van der Waals surface area (Å²) in [5.41, 5.74) is 2.60. The number of hydrogen-bond donors (Lipinski definition) is 2. The van der Waals surface area contributed by atoms with Gasteiger partial charge < -0.3 is 10.3 Å². The lowest BCUT2D eigenvalue weighted by Gasteiger charge is -1.94. The highest BCUT2D eigenvalue weighted by Crippen LogP contribution is 2.30. The van der Waals surface area contributed by atoms with Gasteiger partial charge in [0.15, 0.2) is 0 Å². The first-order chi connectivity index (χ1) is 6.34. The molecule has 0 amide bonds. The zero-order valence-corrected chi connectivity index (χ0v) is 8.56. The smallest absolute Gasteiger partial charge is 0.0468 e. The maximum atomic E-state index is 3.46. The van der Waals surface area contributed by atoms with Crippen LogP contribution in [0.15, 0.2) is 28.9 Å². The van der Waals surface area contributed by atoms with Crippen LogP contribution in [-0.2, 0) is 0 Å². The first kappa shape index (κ1) is 7.59. The quantitative estimate of drug-likeness (QED) is 0.735. The molecule has 1 aliphatic rings. The van der Waals surface area contributed by atoms with Gasteiger partial charge in [-0.25, -0.2) is 0 Å². The lowest BCUT2D eigenvalue weighted by atomic mass is 10.1. The molecule has 1 saturated heterocycles. The summed E-state index contributed by atoms with van der Waals surface area (Å²) in [5, 5.41) is 4.64. The van der Waals surface area contributed by atoms with E-state index in [9.17, 15) is 0 Å². The minimum Gasteiger partial charge on any atom is -0.361 e. The van der Waals surface area contributed by atoms with Crippen LogP contribution in [0.2, 0.25) is 0 Å². The van der Waals surface area contributed by atoms with Crippen molar-refractivity contribution in [3.63, 3.8) is 0 Å². The molecule has 0 saturated carbocycles. The molecule has 2 heterocycles. The van der Waals surface area contributed by atoms with Gasteiger partial charge in [0.05, 0.1) is 0 Å². The number of benzene rings is 1. The highest BCUT2D eigenvalue weighted by Gasteiger charge is 2.24. The maximum Gasteiger partial charge on any atom is 0.0468 e. The summed E-state index contributed by atoms with van der Waals surface area (Å²) in [6.45, 7) is 1.11. The van der Waals surface area contributed by atoms with E-state index in [1.54, 1.807) is 0 Å². The number of fused-ring (bicyclic) bond motifs is 1. The second-order valence-corrected chi connectivity index (χ2v) is 4.31. The first-order valence-electron chi connectivity index (χ1n) is 4.34. The van der Waals surface area contributed by atoms with Crippen LogP contribution in [0.1, 0.15) is 11.6 Å². The molecule has 0 aliphatic carbocycles. The summed E-state index contributed by atoms with van der Waals surface area (Å²) in [4.78, 5) is 3.28. The summed E-state index contributed by atoms with van der Waals surface area (Å²) in [6, 6.07) is 6.93. The molecule has 0 spiro atoms. The van der Waals surface area contributed by atoms with E-state index in [0.29, 0.717) is 6.04 Å². The van der Waals surface area contributed by atoms with Crippen molar-refractivity contribution in [2.45, 2.75) is 6.04 Å². The number of H-pyrrole nitrogens is 1. The Morgan fingerprint density at radius 1 is 1.38 bits per heavy atom. The predicted molar refractivity (Wildman–Crippen MR) is 56.7 cm³/mol. The van der Waals surface area contributed by atoms with E-state index in [2.05, 4.69) is 50.6 Å². The highest BCUT2D eigenvalue weighted by atomic mass is 79.9. The van der Waals surface area contributed by atoms with E-state index in [1.807, 2.05) is 0 Å². The highest BCUT2D eigenvalue weighted by molar-refractivity contribution is 9.10. The van der Waals surface area contributed by atoms with Crippen LogP contribution in [0.25, 0.3) is 10.9 Å². The van der Waals surface area contributed by atoms with Crippen LogP contribution in [-0.4, -0.2) is 11.5 Å². The molecule has 1 fully saturated rings. The van der Waals surface area contributed by atoms with Gasteiger partial charge in [0.25, 0.3) is 0 Å². The molecule has 3 heteroatoms. The third-order valence-electron chi connectivity index (χ3n) is 2.46. The van der Waals surface area contributed by atoms with Gasteiger partial charge in [-0.3, -0.25) is 0 Å². The zero-order valence-electron chi connectivity index (χ0n) is 6.97. The Hall–Kier alpha value is -0.800. The van der Waals surface area contributed by atoms with Gasteiger partial charge in [0.1, 0.15) is 0 Å². The largest absolute Gasteiger partial charge is 0.361 e. The summed E-state index contributed by atoms with van der Waals surface area (Å²) in [7, 11) is 0. The van der Waals surface area contributed by atoms with Crippen LogP contribution < -0.4 is 5.32 Å². The van der Waals surface area contributed by atoms with Crippen LogP contribution in [0.4, 0.5) is 0 Å². The van der Waals surface area contributed by atoms with Crippen molar-refractivity contribution in [1.82, 2.24) is 10.3 Å². The molecule has 2 N–H and O–H groups in total. The summed E-state index contributed by atoms with van der Waals surface area (Å²) in [6.07, 6.45) is 2.10. The van der Waals surface area contributed by atoms with E-state index in [4.69, 9.17) is 0 Å². The Labute approximate surface area is 84.5 Å². The summed E-state index contributed by atoms with van der Waals surface area (Å²) < 4.78 is 1.12. The number of rotatable bonds is 1. The second-order valence-electron chi connectivity index (χ2n) is 3.39. The molecule has 2 nitrogen and oxygen atoms in total. The lowest BCUT2D eigenvalue weighted by molar-refractivity contribution is 1.09. The van der Waals surface area contributed by atoms with Crippen LogP contribution in [0.5, 0.6) is 0 Å². The Kier molecular flexibility index (Phi) is 1.51. The van der Waals surface area contributed by atoms with E-state index < -0.39 is 0 Å². The van der Waals surface area contributed by atoms with Crippen molar-refractivity contribution in [3.05, 3.63) is 34.4 Å². The molecule has 1 unspecified atom stereocenters. The Balaban J connectivity index is 2.26. The number of aromatic amines is 1. The van der Waals surface area contributed by atoms with Gasteiger partial charge in [-0.1, -0.05) is 22.0 Å². The molecule has 66 valence electrons. The molecule has 1 atom stereocenters. The van der Waals surface area contributed by atoms with Crippen molar-refractivity contribution < 1.29 is 0 Å². The van der Waals surface area contributed by atoms with Gasteiger partial charge in [-0.15, -0.1) is 0 Å². The fourth-order valence-electron chi connectivity index (χ4n) is 1.69. The average Bonchev–Trinajstić information content (AvgIpc) is 2.87. The summed E-state index contributed by atoms with van der Waals surface area (Å²) >= 11 is 3.46. The summed E-state index contributed by atoms with van der Waals surface area (Å²) in [5.74, 6) is 0. The van der Waals surface area contributed by atoms with Crippen LogP contribution in [0, 0.1) is 0 Å². The molecular weight excluding hydrogens is 228 g/mol. The molecule has 1 aromatic carbocycles. The van der Waals surface area contributed by atoms with Gasteiger partial charge in [-0.05, 0) is 17.7 Å². The van der Waals surface area contributed by atoms with Crippen molar-refractivity contribution in [3.8, 4) is 0 Å². The van der Waals surface area contributed by atoms with E-state index >= 15 is 0 Å². The van der Waals surface area contributed by atoms with E-state index in [-0.39, 0.29) is 0 Å². The minimum absolute atomic E-state index is 0.579. The van der Waals surface area contributed by atoms with Gasteiger partial charge in [0, 0.05) is 34.2 Å². The molecule has 3 rings (SSSR count). The fourth-order valence-corrected chi connectivity index (χ4v) is 2.05. The first-order valence-corrected chi connectivity index (χ1v) is 5.14. The fraction of sp³-hybridized carbons (Fsp3) is 0.200. The van der Waals surface area contributed by atoms with Crippen molar-refractivity contribution in [2.24, 2.45) is 0 Å². The maximum absolute atomic E-state index is 3.46. The van der Waals surface area contributed by atoms with Gasteiger partial charge >= 0.3 is 0 Å². The number of halogens is 1. The molecule has 0 bridgehead atoms. The monoisotopic (exact) mass is 236 g/mol. The van der Waals surface area contributed by atoms with Crippen molar-refractivity contribution >= 4 is 26.8 Å². The normalized spacial score (nSPS) is 20.8. The second kappa shape index (κ2) is 2.59. The lowest BCUT2D eigenvalue weighted by Crippen LogP contribution is -1.80. The van der Waals surface area contributed by atoms with Crippen molar-refractivity contribution in [1.29, 1.82) is 0 Å². The molecule has 13 heavy (non-hydrogen) atoms. The van der Waals surface area contributed by atoms with Gasteiger partial charge in [0.2, 0.25) is 0 Å². The minimum atomic E-state index is 0.579. The van der Waals surface area contributed by atoms with Gasteiger partial charge in [-0.2, -0.15) is 0 Å². The van der Waals surface area contributed by atoms with E-state index in [1.165, 1.54) is 16.5 Å². The standard InChI is InChI=1S/C10H9BrN2/c11-6-1-2-7-8(10-5-13-10)4-12-9(7)3-6/h1-4,10,12-13H,5H2. The Morgan fingerprint density at radius 2 is 2.23 bits per heavy atom. The number of hydrogen-bond acceptors (Lipinski definition) is 1. The third kappa shape index (κ3) is 1.19.